The fourth-order valence-corrected chi connectivity index (χ4v) is 1.13. The van der Waals surface area contributed by atoms with Crippen molar-refractivity contribution < 1.29 is 4.63 Å². The third-order valence-corrected chi connectivity index (χ3v) is 1.78. The minimum Gasteiger partial charge on any atom is -0.379 e. The maximum atomic E-state index is 5.53. The lowest BCUT2D eigenvalue weighted by Gasteiger charge is -1.99. The molecule has 0 aliphatic heterocycles. The Labute approximate surface area is 74.3 Å². The van der Waals surface area contributed by atoms with Gasteiger partial charge in [0.15, 0.2) is 17.3 Å². The summed E-state index contributed by atoms with van der Waals surface area (Å²) in [5.74, 6) is 0.946. The van der Waals surface area contributed by atoms with E-state index >= 15 is 0 Å². The first-order valence-corrected chi connectivity index (χ1v) is 3.92. The molecule has 0 saturated heterocycles. The molecule has 0 unspecified atom stereocenters. The monoisotopic (exact) mass is 179 g/mol. The van der Waals surface area contributed by atoms with Gasteiger partial charge in [0, 0.05) is 18.9 Å². The number of hydrogen-bond donors (Lipinski definition) is 1. The standard InChI is InChI=1S/C7H9N5O/c1-2-12-4-3-9-7(12)5-6(8)11-13-10-5/h3-4H,2H2,1H3,(H2,8,11). The molecule has 2 aromatic rings. The Morgan fingerprint density at radius 3 is 3.00 bits per heavy atom. The average Bonchev–Trinajstić information content (AvgIpc) is 2.71. The minimum atomic E-state index is 0.265. The van der Waals surface area contributed by atoms with Crippen molar-refractivity contribution in [1.29, 1.82) is 0 Å². The van der Waals surface area contributed by atoms with Gasteiger partial charge in [-0.2, -0.15) is 0 Å². The highest BCUT2D eigenvalue weighted by molar-refractivity contribution is 5.62. The van der Waals surface area contributed by atoms with Gasteiger partial charge in [-0.25, -0.2) is 9.61 Å². The fourth-order valence-electron chi connectivity index (χ4n) is 1.13. The minimum absolute atomic E-state index is 0.265. The number of nitrogens with zero attached hydrogens (tertiary/aromatic N) is 4. The summed E-state index contributed by atoms with van der Waals surface area (Å²) in [4.78, 5) is 4.11. The van der Waals surface area contributed by atoms with Crippen molar-refractivity contribution in [3.05, 3.63) is 12.4 Å². The highest BCUT2D eigenvalue weighted by atomic mass is 16.6. The van der Waals surface area contributed by atoms with E-state index in [1.807, 2.05) is 17.7 Å². The zero-order valence-electron chi connectivity index (χ0n) is 7.14. The van der Waals surface area contributed by atoms with E-state index in [0.29, 0.717) is 11.5 Å². The molecule has 0 spiro atoms. The van der Waals surface area contributed by atoms with Crippen molar-refractivity contribution in [1.82, 2.24) is 19.9 Å². The number of aryl methyl sites for hydroxylation is 1. The van der Waals surface area contributed by atoms with Crippen LogP contribution in [0.4, 0.5) is 5.82 Å². The Bertz CT molecular complexity index is 404. The second kappa shape index (κ2) is 2.89. The molecule has 0 aromatic carbocycles. The molecular formula is C7H9N5O. The molecule has 6 nitrogen and oxygen atoms in total. The van der Waals surface area contributed by atoms with E-state index in [2.05, 4.69) is 19.9 Å². The van der Waals surface area contributed by atoms with Crippen molar-refractivity contribution in [2.75, 3.05) is 5.73 Å². The molecule has 0 saturated carbocycles. The van der Waals surface area contributed by atoms with Crippen LogP contribution in [0.5, 0.6) is 0 Å². The van der Waals surface area contributed by atoms with Crippen LogP contribution in [0.2, 0.25) is 0 Å². The van der Waals surface area contributed by atoms with Crippen molar-refractivity contribution in [3.63, 3.8) is 0 Å². The van der Waals surface area contributed by atoms with E-state index in [1.54, 1.807) is 6.20 Å². The van der Waals surface area contributed by atoms with E-state index in [-0.39, 0.29) is 5.82 Å². The van der Waals surface area contributed by atoms with E-state index in [0.717, 1.165) is 6.54 Å². The van der Waals surface area contributed by atoms with E-state index in [9.17, 15) is 0 Å². The molecule has 6 heteroatoms. The molecule has 0 bridgehead atoms. The van der Waals surface area contributed by atoms with Crippen molar-refractivity contribution >= 4 is 5.82 Å². The molecule has 0 atom stereocenters. The Morgan fingerprint density at radius 1 is 1.54 bits per heavy atom. The number of anilines is 1. The maximum absolute atomic E-state index is 5.53. The average molecular weight is 179 g/mol. The van der Waals surface area contributed by atoms with Crippen LogP contribution < -0.4 is 5.73 Å². The van der Waals surface area contributed by atoms with E-state index < -0.39 is 0 Å². The number of hydrogen-bond acceptors (Lipinski definition) is 5. The lowest BCUT2D eigenvalue weighted by molar-refractivity contribution is 0.310. The van der Waals surface area contributed by atoms with Gasteiger partial charge in [-0.15, -0.1) is 0 Å². The van der Waals surface area contributed by atoms with Crippen LogP contribution in [-0.2, 0) is 6.54 Å². The topological polar surface area (TPSA) is 82.8 Å². The summed E-state index contributed by atoms with van der Waals surface area (Å²) in [6, 6.07) is 0. The summed E-state index contributed by atoms with van der Waals surface area (Å²) in [5, 5.41) is 7.16. The predicted molar refractivity (Wildman–Crippen MR) is 45.6 cm³/mol. The third-order valence-electron chi connectivity index (χ3n) is 1.78. The molecule has 0 aliphatic carbocycles. The first-order chi connectivity index (χ1) is 6.33. The summed E-state index contributed by atoms with van der Waals surface area (Å²) in [6.45, 7) is 2.82. The first-order valence-electron chi connectivity index (χ1n) is 3.92. The summed E-state index contributed by atoms with van der Waals surface area (Å²) in [6.07, 6.45) is 3.54. The van der Waals surface area contributed by atoms with E-state index in [1.165, 1.54) is 0 Å². The van der Waals surface area contributed by atoms with Gasteiger partial charge in [-0.05, 0) is 17.2 Å². The van der Waals surface area contributed by atoms with E-state index in [4.69, 9.17) is 5.73 Å². The Kier molecular flexibility index (Phi) is 1.73. The quantitative estimate of drug-likeness (QED) is 0.727. The molecule has 2 aromatic heterocycles. The Hall–Kier alpha value is -1.85. The van der Waals surface area contributed by atoms with Gasteiger partial charge in [0.05, 0.1) is 0 Å². The SMILES string of the molecule is CCn1ccnc1-c1nonc1N. The van der Waals surface area contributed by atoms with Crippen LogP contribution in [0, 0.1) is 0 Å². The largest absolute Gasteiger partial charge is 0.379 e. The molecule has 0 aliphatic rings. The number of imidazole rings is 1. The summed E-state index contributed by atoms with van der Waals surface area (Å²) in [7, 11) is 0. The molecule has 0 fully saturated rings. The van der Waals surface area contributed by atoms with Crippen LogP contribution in [0.25, 0.3) is 11.5 Å². The lowest BCUT2D eigenvalue weighted by atomic mass is 10.4. The molecule has 13 heavy (non-hydrogen) atoms. The first kappa shape index (κ1) is 7.78. The second-order valence-corrected chi connectivity index (χ2v) is 2.53. The normalized spacial score (nSPS) is 10.5. The van der Waals surface area contributed by atoms with Crippen LogP contribution in [0.3, 0.4) is 0 Å². The van der Waals surface area contributed by atoms with Gasteiger partial charge < -0.3 is 10.3 Å². The molecule has 2 N–H and O–H groups in total. The zero-order chi connectivity index (χ0) is 9.26. The summed E-state index contributed by atoms with van der Waals surface area (Å²) in [5.41, 5.74) is 6.03. The highest BCUT2D eigenvalue weighted by Gasteiger charge is 2.13. The zero-order valence-corrected chi connectivity index (χ0v) is 7.14. The van der Waals surface area contributed by atoms with Gasteiger partial charge in [-0.1, -0.05) is 0 Å². The van der Waals surface area contributed by atoms with Crippen molar-refractivity contribution in [2.24, 2.45) is 0 Å². The smallest absolute Gasteiger partial charge is 0.199 e. The van der Waals surface area contributed by atoms with Crippen LogP contribution in [0.1, 0.15) is 6.92 Å². The lowest BCUT2D eigenvalue weighted by Crippen LogP contribution is -1.98. The van der Waals surface area contributed by atoms with Crippen molar-refractivity contribution in [2.45, 2.75) is 13.5 Å². The van der Waals surface area contributed by atoms with Crippen LogP contribution in [0.15, 0.2) is 17.0 Å². The third kappa shape index (κ3) is 1.16. The maximum Gasteiger partial charge on any atom is 0.199 e. The Morgan fingerprint density at radius 2 is 2.38 bits per heavy atom. The summed E-state index contributed by atoms with van der Waals surface area (Å²) >= 11 is 0. The van der Waals surface area contributed by atoms with Crippen molar-refractivity contribution in [3.8, 4) is 11.5 Å². The molecule has 2 rings (SSSR count). The second-order valence-electron chi connectivity index (χ2n) is 2.53. The highest BCUT2D eigenvalue weighted by Crippen LogP contribution is 2.19. The number of aromatic nitrogens is 4. The van der Waals surface area contributed by atoms with Crippen LogP contribution >= 0.6 is 0 Å². The number of rotatable bonds is 2. The van der Waals surface area contributed by atoms with Gasteiger partial charge in [0.1, 0.15) is 0 Å². The van der Waals surface area contributed by atoms with Gasteiger partial charge in [-0.3, -0.25) is 0 Å². The molecule has 2 heterocycles. The molecule has 68 valence electrons. The van der Waals surface area contributed by atoms with Gasteiger partial charge in [0.2, 0.25) is 0 Å². The van der Waals surface area contributed by atoms with Gasteiger partial charge in [0.25, 0.3) is 0 Å². The number of nitrogen functional groups attached to an aromatic ring is 1. The molecular weight excluding hydrogens is 170 g/mol. The molecule has 0 amide bonds. The predicted octanol–water partition coefficient (Wildman–Crippen LogP) is 0.535. The fraction of sp³-hybridized carbons (Fsp3) is 0.286. The number of nitrogens with two attached hydrogens (primary N) is 1. The molecule has 0 radical (unpaired) electrons. The summed E-state index contributed by atoms with van der Waals surface area (Å²) < 4.78 is 6.40. The van der Waals surface area contributed by atoms with Crippen LogP contribution in [-0.4, -0.2) is 19.9 Å². The Balaban J connectivity index is 2.52. The van der Waals surface area contributed by atoms with Gasteiger partial charge >= 0.3 is 0 Å².